The summed E-state index contributed by atoms with van der Waals surface area (Å²) < 4.78 is 20.0. The first-order valence-corrected chi connectivity index (χ1v) is 10.5. The summed E-state index contributed by atoms with van der Waals surface area (Å²) in [4.78, 5) is 17.8. The maximum absolute atomic E-state index is 14.0. The van der Waals surface area contributed by atoms with Crippen LogP contribution in [-0.2, 0) is 0 Å². The Morgan fingerprint density at radius 2 is 1.75 bits per heavy atom. The van der Waals surface area contributed by atoms with Gasteiger partial charge in [0.05, 0.1) is 4.88 Å². The van der Waals surface area contributed by atoms with Gasteiger partial charge in [-0.05, 0) is 66.6 Å². The van der Waals surface area contributed by atoms with Crippen LogP contribution in [0.1, 0.15) is 20.8 Å². The van der Waals surface area contributed by atoms with Crippen LogP contribution in [0.3, 0.4) is 0 Å². The van der Waals surface area contributed by atoms with E-state index in [0.717, 1.165) is 21.9 Å². The standard InChI is InChI=1S/C25H16FNO4S/c1-13-8-16(10-17(26)9-13)23(30)24-22(19-7-6-18(28)11-20(19)32-24)14-2-4-15(5-3-14)25-27-21(29)12-31-25/h2-12,28-29H,1H3. The van der Waals surface area contributed by atoms with Crippen molar-refractivity contribution < 1.29 is 23.8 Å². The molecular weight excluding hydrogens is 429 g/mol. The van der Waals surface area contributed by atoms with Gasteiger partial charge in [-0.2, -0.15) is 4.98 Å². The van der Waals surface area contributed by atoms with Crippen LogP contribution in [0.25, 0.3) is 32.7 Å². The normalized spacial score (nSPS) is 11.2. The van der Waals surface area contributed by atoms with E-state index in [1.54, 1.807) is 43.3 Å². The second-order valence-corrected chi connectivity index (χ2v) is 8.47. The van der Waals surface area contributed by atoms with Crippen LogP contribution < -0.4 is 0 Å². The maximum Gasteiger partial charge on any atom is 0.250 e. The van der Waals surface area contributed by atoms with Crippen LogP contribution in [0.4, 0.5) is 4.39 Å². The van der Waals surface area contributed by atoms with Crippen molar-refractivity contribution in [2.45, 2.75) is 6.92 Å². The Kier molecular flexibility index (Phi) is 4.75. The number of carbonyl (C=O) groups is 1. The van der Waals surface area contributed by atoms with E-state index in [1.807, 2.05) is 12.1 Å². The zero-order valence-corrected chi connectivity index (χ0v) is 17.6. The molecule has 0 aliphatic carbocycles. The van der Waals surface area contributed by atoms with E-state index in [9.17, 15) is 19.4 Å². The van der Waals surface area contributed by atoms with Crippen molar-refractivity contribution in [1.82, 2.24) is 4.98 Å². The van der Waals surface area contributed by atoms with Gasteiger partial charge in [-0.1, -0.05) is 12.1 Å². The number of ketones is 1. The Balaban J connectivity index is 1.67. The average molecular weight is 445 g/mol. The topological polar surface area (TPSA) is 83.6 Å². The molecule has 0 atom stereocenters. The van der Waals surface area contributed by atoms with Gasteiger partial charge in [0.2, 0.25) is 11.7 Å². The van der Waals surface area contributed by atoms with Gasteiger partial charge in [-0.15, -0.1) is 11.3 Å². The quantitative estimate of drug-likeness (QED) is 0.317. The molecule has 7 heteroatoms. The SMILES string of the molecule is Cc1cc(F)cc(C(=O)c2sc3cc(O)ccc3c2-c2ccc(-c3nc(O)co3)cc2)c1. The number of halogens is 1. The Bertz CT molecular complexity index is 1460. The lowest BCUT2D eigenvalue weighted by Crippen LogP contribution is -2.02. The molecule has 5 rings (SSSR count). The first-order chi connectivity index (χ1) is 15.4. The number of aromatic nitrogens is 1. The predicted octanol–water partition coefficient (Wildman–Crippen LogP) is 6.31. The minimum absolute atomic E-state index is 0.102. The number of phenolic OH excluding ortho intramolecular Hbond substituents is 1. The van der Waals surface area contributed by atoms with E-state index in [-0.39, 0.29) is 28.9 Å². The zero-order chi connectivity index (χ0) is 22.4. The summed E-state index contributed by atoms with van der Waals surface area (Å²) in [5, 5.41) is 20.2. The lowest BCUT2D eigenvalue weighted by atomic mass is 9.97. The van der Waals surface area contributed by atoms with E-state index >= 15 is 0 Å². The number of phenols is 1. The summed E-state index contributed by atoms with van der Waals surface area (Å²) in [6.07, 6.45) is 1.15. The molecule has 3 aromatic carbocycles. The van der Waals surface area contributed by atoms with Crippen LogP contribution >= 0.6 is 11.3 Å². The predicted molar refractivity (Wildman–Crippen MR) is 121 cm³/mol. The number of aryl methyl sites for hydroxylation is 1. The van der Waals surface area contributed by atoms with Gasteiger partial charge in [-0.3, -0.25) is 4.79 Å². The summed E-state index contributed by atoms with van der Waals surface area (Å²) in [5.74, 6) is -0.575. The highest BCUT2D eigenvalue weighted by molar-refractivity contribution is 7.21. The van der Waals surface area contributed by atoms with Crippen molar-refractivity contribution in [3.8, 4) is 34.2 Å². The number of aromatic hydroxyl groups is 2. The van der Waals surface area contributed by atoms with Gasteiger partial charge in [0.25, 0.3) is 5.88 Å². The first-order valence-electron chi connectivity index (χ1n) is 9.72. The Labute approximate surface area is 186 Å². The highest BCUT2D eigenvalue weighted by Gasteiger charge is 2.22. The lowest BCUT2D eigenvalue weighted by molar-refractivity contribution is 0.104. The minimum atomic E-state index is -0.466. The number of carbonyl (C=O) groups excluding carboxylic acids is 1. The number of oxazole rings is 1. The zero-order valence-electron chi connectivity index (χ0n) is 16.8. The first kappa shape index (κ1) is 20.0. The fourth-order valence-electron chi connectivity index (χ4n) is 3.71. The van der Waals surface area contributed by atoms with Crippen LogP contribution in [0.5, 0.6) is 11.6 Å². The molecule has 0 bridgehead atoms. The smallest absolute Gasteiger partial charge is 0.250 e. The van der Waals surface area contributed by atoms with Gasteiger partial charge >= 0.3 is 0 Å². The van der Waals surface area contributed by atoms with Crippen molar-refractivity contribution in [3.63, 3.8) is 0 Å². The molecule has 0 aliphatic rings. The van der Waals surface area contributed by atoms with Crippen molar-refractivity contribution in [1.29, 1.82) is 0 Å². The number of thiophene rings is 1. The number of nitrogens with zero attached hydrogens (tertiary/aromatic N) is 1. The molecule has 5 aromatic rings. The summed E-state index contributed by atoms with van der Waals surface area (Å²) in [6.45, 7) is 1.74. The van der Waals surface area contributed by atoms with Crippen molar-refractivity contribution in [2.75, 3.05) is 0 Å². The number of fused-ring (bicyclic) bond motifs is 1. The molecule has 5 nitrogen and oxygen atoms in total. The van der Waals surface area contributed by atoms with Crippen molar-refractivity contribution in [3.05, 3.63) is 88.7 Å². The third kappa shape index (κ3) is 3.52. The van der Waals surface area contributed by atoms with Gasteiger partial charge < -0.3 is 14.6 Å². The molecule has 2 aromatic heterocycles. The Morgan fingerprint density at radius 3 is 2.44 bits per heavy atom. The summed E-state index contributed by atoms with van der Waals surface area (Å²) in [5.41, 5.74) is 3.08. The molecule has 0 fully saturated rings. The Morgan fingerprint density at radius 1 is 1.00 bits per heavy atom. The highest BCUT2D eigenvalue weighted by atomic mass is 32.1. The van der Waals surface area contributed by atoms with Gasteiger partial charge in [-0.25, -0.2) is 4.39 Å². The fourth-order valence-corrected chi connectivity index (χ4v) is 4.93. The molecule has 0 saturated carbocycles. The van der Waals surface area contributed by atoms with E-state index in [0.29, 0.717) is 21.6 Å². The molecule has 0 amide bonds. The summed E-state index contributed by atoms with van der Waals surface area (Å²) >= 11 is 1.26. The molecule has 0 spiro atoms. The van der Waals surface area contributed by atoms with E-state index in [4.69, 9.17) is 4.42 Å². The number of hydrogen-bond acceptors (Lipinski definition) is 6. The third-order valence-electron chi connectivity index (χ3n) is 5.10. The molecule has 32 heavy (non-hydrogen) atoms. The average Bonchev–Trinajstić information content (AvgIpc) is 3.36. The summed E-state index contributed by atoms with van der Waals surface area (Å²) in [6, 6.07) is 16.5. The van der Waals surface area contributed by atoms with E-state index in [2.05, 4.69) is 4.98 Å². The molecule has 0 unspecified atom stereocenters. The lowest BCUT2D eigenvalue weighted by Gasteiger charge is -2.07. The molecule has 0 aliphatic heterocycles. The van der Waals surface area contributed by atoms with E-state index < -0.39 is 5.82 Å². The van der Waals surface area contributed by atoms with Gasteiger partial charge in [0.1, 0.15) is 11.6 Å². The van der Waals surface area contributed by atoms with Gasteiger partial charge in [0.15, 0.2) is 6.26 Å². The second kappa shape index (κ2) is 7.62. The van der Waals surface area contributed by atoms with Crippen LogP contribution in [0.2, 0.25) is 0 Å². The maximum atomic E-state index is 14.0. The highest BCUT2D eigenvalue weighted by Crippen LogP contribution is 2.41. The van der Waals surface area contributed by atoms with Crippen LogP contribution in [0.15, 0.2) is 71.3 Å². The van der Waals surface area contributed by atoms with E-state index in [1.165, 1.54) is 23.5 Å². The number of benzene rings is 3. The van der Waals surface area contributed by atoms with Gasteiger partial charge in [0, 0.05) is 26.8 Å². The fraction of sp³-hybridized carbons (Fsp3) is 0.0400. The van der Waals surface area contributed by atoms with Crippen LogP contribution in [-0.4, -0.2) is 21.0 Å². The Hall–Kier alpha value is -3.97. The molecule has 0 radical (unpaired) electrons. The molecule has 2 N–H and O–H groups in total. The number of hydrogen-bond donors (Lipinski definition) is 2. The largest absolute Gasteiger partial charge is 0.508 e. The summed E-state index contributed by atoms with van der Waals surface area (Å²) in [7, 11) is 0. The van der Waals surface area contributed by atoms with Crippen molar-refractivity contribution in [2.24, 2.45) is 0 Å². The molecule has 0 saturated heterocycles. The number of rotatable bonds is 4. The molecule has 2 heterocycles. The molecular formula is C25H16FNO4S. The minimum Gasteiger partial charge on any atom is -0.508 e. The second-order valence-electron chi connectivity index (χ2n) is 7.42. The van der Waals surface area contributed by atoms with Crippen molar-refractivity contribution >= 4 is 27.2 Å². The van der Waals surface area contributed by atoms with Crippen LogP contribution in [0, 0.1) is 12.7 Å². The molecule has 158 valence electrons. The monoisotopic (exact) mass is 445 g/mol. The third-order valence-corrected chi connectivity index (χ3v) is 6.25.